The van der Waals surface area contributed by atoms with E-state index in [-0.39, 0.29) is 11.5 Å². The first-order valence-electron chi connectivity index (χ1n) is 8.66. The number of esters is 1. The predicted octanol–water partition coefficient (Wildman–Crippen LogP) is 4.67. The number of ether oxygens (including phenoxy) is 1. The van der Waals surface area contributed by atoms with Crippen LogP contribution >= 0.6 is 0 Å². The van der Waals surface area contributed by atoms with Gasteiger partial charge in [-0.2, -0.15) is 0 Å². The Kier molecular flexibility index (Phi) is 4.61. The van der Waals surface area contributed by atoms with Gasteiger partial charge in [0.2, 0.25) is 0 Å². The molecule has 1 aliphatic rings. The number of anilines is 1. The average molecular weight is 379 g/mol. The summed E-state index contributed by atoms with van der Waals surface area (Å²) in [4.78, 5) is 24.8. The zero-order valence-electron chi connectivity index (χ0n) is 14.6. The van der Waals surface area contributed by atoms with Crippen molar-refractivity contribution in [1.29, 1.82) is 0 Å². The van der Waals surface area contributed by atoms with Gasteiger partial charge in [-0.05, 0) is 53.6 Å². The Labute approximate surface area is 159 Å². The molecule has 1 heterocycles. The minimum atomic E-state index is -0.564. The van der Waals surface area contributed by atoms with Crippen molar-refractivity contribution >= 4 is 17.6 Å². The minimum Gasteiger partial charge on any atom is -0.454 e. The van der Waals surface area contributed by atoms with Gasteiger partial charge in [-0.3, -0.25) is 4.79 Å². The highest BCUT2D eigenvalue weighted by molar-refractivity contribution is 6.05. The molecule has 0 aliphatic carbocycles. The van der Waals surface area contributed by atoms with E-state index >= 15 is 0 Å². The second-order valence-corrected chi connectivity index (χ2v) is 6.46. The number of cyclic esters (lactones) is 1. The summed E-state index contributed by atoms with van der Waals surface area (Å²) in [6.07, 6.45) is -0.210. The quantitative estimate of drug-likeness (QED) is 0.673. The number of amides is 1. The Balaban J connectivity index is 1.60. The van der Waals surface area contributed by atoms with Gasteiger partial charge in [0.15, 0.2) is 0 Å². The van der Waals surface area contributed by atoms with Crippen molar-refractivity contribution < 1.29 is 23.1 Å². The highest BCUT2D eigenvalue weighted by Gasteiger charge is 2.28. The molecule has 4 rings (SSSR count). The molecule has 0 radical (unpaired) electrons. The third-order valence-corrected chi connectivity index (χ3v) is 4.61. The summed E-state index contributed by atoms with van der Waals surface area (Å²) in [7, 11) is 0. The zero-order valence-corrected chi connectivity index (χ0v) is 14.6. The van der Waals surface area contributed by atoms with Gasteiger partial charge in [0.1, 0.15) is 17.7 Å². The predicted molar refractivity (Wildman–Crippen MR) is 99.1 cm³/mol. The lowest BCUT2D eigenvalue weighted by Crippen LogP contribution is -2.23. The van der Waals surface area contributed by atoms with Crippen LogP contribution < -0.4 is 5.32 Å². The molecule has 6 heteroatoms. The maximum Gasteiger partial charge on any atom is 0.339 e. The van der Waals surface area contributed by atoms with Crippen LogP contribution in [0.25, 0.3) is 0 Å². The third-order valence-electron chi connectivity index (χ3n) is 4.61. The second-order valence-electron chi connectivity index (χ2n) is 6.46. The molecule has 0 bridgehead atoms. The standard InChI is InChI=1S/C22H15F2NO3/c23-16-8-5-13(6-9-16)20-12-15-11-14(7-10-17(15)22(27)28-20)21(26)25-19-4-2-1-3-18(19)24/h1-11,20H,12H2,(H,25,26). The SMILES string of the molecule is O=C(Nc1ccccc1F)c1ccc2c(c1)CC(c1ccc(F)cc1)OC2=O. The van der Waals surface area contributed by atoms with E-state index in [0.29, 0.717) is 28.7 Å². The lowest BCUT2D eigenvalue weighted by Gasteiger charge is -2.25. The van der Waals surface area contributed by atoms with Crippen LogP contribution in [0.2, 0.25) is 0 Å². The Morgan fingerprint density at radius 2 is 1.75 bits per heavy atom. The molecule has 1 N–H and O–H groups in total. The Morgan fingerprint density at radius 3 is 2.50 bits per heavy atom. The number of rotatable bonds is 3. The van der Waals surface area contributed by atoms with Crippen molar-refractivity contribution in [1.82, 2.24) is 0 Å². The summed E-state index contributed by atoms with van der Waals surface area (Å²) in [6.45, 7) is 0. The normalized spacial score (nSPS) is 15.5. The van der Waals surface area contributed by atoms with Gasteiger partial charge in [0.05, 0.1) is 11.3 Å². The monoisotopic (exact) mass is 379 g/mol. The molecule has 0 saturated heterocycles. The Morgan fingerprint density at radius 1 is 1.00 bits per heavy atom. The average Bonchev–Trinajstić information content (AvgIpc) is 2.69. The van der Waals surface area contributed by atoms with E-state index in [1.54, 1.807) is 24.3 Å². The molecular formula is C22H15F2NO3. The van der Waals surface area contributed by atoms with E-state index in [1.807, 2.05) is 0 Å². The minimum absolute atomic E-state index is 0.0776. The molecule has 1 aliphatic heterocycles. The van der Waals surface area contributed by atoms with Gasteiger partial charge in [-0.15, -0.1) is 0 Å². The summed E-state index contributed by atoms with van der Waals surface area (Å²) < 4.78 is 32.3. The first kappa shape index (κ1) is 17.9. The van der Waals surface area contributed by atoms with E-state index in [4.69, 9.17) is 4.74 Å². The first-order chi connectivity index (χ1) is 13.5. The lowest BCUT2D eigenvalue weighted by atomic mass is 9.93. The fourth-order valence-electron chi connectivity index (χ4n) is 3.16. The van der Waals surface area contributed by atoms with Crippen LogP contribution in [0, 0.1) is 11.6 Å². The number of carbonyl (C=O) groups excluding carboxylic acids is 2. The Bertz CT molecular complexity index is 1060. The van der Waals surface area contributed by atoms with E-state index in [9.17, 15) is 18.4 Å². The van der Waals surface area contributed by atoms with Crippen LogP contribution in [-0.2, 0) is 11.2 Å². The van der Waals surface area contributed by atoms with Crippen molar-refractivity contribution in [2.24, 2.45) is 0 Å². The van der Waals surface area contributed by atoms with Gasteiger partial charge in [0, 0.05) is 12.0 Å². The number of benzene rings is 3. The number of fused-ring (bicyclic) bond motifs is 1. The van der Waals surface area contributed by atoms with Gasteiger partial charge in [-0.1, -0.05) is 24.3 Å². The summed E-state index contributed by atoms with van der Waals surface area (Å²) >= 11 is 0. The molecule has 4 nitrogen and oxygen atoms in total. The zero-order chi connectivity index (χ0) is 19.7. The Hall–Kier alpha value is -3.54. The van der Waals surface area contributed by atoms with Crippen LogP contribution in [-0.4, -0.2) is 11.9 Å². The van der Waals surface area contributed by atoms with E-state index in [2.05, 4.69) is 5.32 Å². The van der Waals surface area contributed by atoms with Crippen LogP contribution in [0.1, 0.15) is 37.9 Å². The molecule has 0 saturated carbocycles. The largest absolute Gasteiger partial charge is 0.454 e. The van der Waals surface area contributed by atoms with Crippen molar-refractivity contribution in [2.75, 3.05) is 5.32 Å². The van der Waals surface area contributed by atoms with Gasteiger partial charge in [-0.25, -0.2) is 13.6 Å². The van der Waals surface area contributed by atoms with E-state index in [1.165, 1.54) is 42.5 Å². The van der Waals surface area contributed by atoms with E-state index in [0.717, 1.165) is 0 Å². The lowest BCUT2D eigenvalue weighted by molar-refractivity contribution is 0.0252. The molecule has 3 aromatic carbocycles. The molecule has 1 amide bonds. The maximum atomic E-state index is 13.8. The molecule has 1 atom stereocenters. The molecule has 140 valence electrons. The topological polar surface area (TPSA) is 55.4 Å². The van der Waals surface area contributed by atoms with Crippen molar-refractivity contribution in [3.63, 3.8) is 0 Å². The van der Waals surface area contributed by atoms with E-state index < -0.39 is 23.8 Å². The maximum absolute atomic E-state index is 13.8. The fourth-order valence-corrected chi connectivity index (χ4v) is 3.16. The fraction of sp³-hybridized carbons (Fsp3) is 0.0909. The molecule has 0 fully saturated rings. The van der Waals surface area contributed by atoms with Crippen LogP contribution in [0.3, 0.4) is 0 Å². The number of para-hydroxylation sites is 1. The number of nitrogens with one attached hydrogen (secondary N) is 1. The highest BCUT2D eigenvalue weighted by atomic mass is 19.1. The summed E-state index contributed by atoms with van der Waals surface area (Å²) in [6, 6.07) is 16.2. The summed E-state index contributed by atoms with van der Waals surface area (Å²) in [5.41, 5.74) is 2.07. The molecular weight excluding hydrogens is 364 g/mol. The molecule has 0 spiro atoms. The van der Waals surface area contributed by atoms with Crippen molar-refractivity contribution in [3.05, 3.63) is 101 Å². The number of halogens is 2. The number of carbonyl (C=O) groups is 2. The molecule has 3 aromatic rings. The van der Waals surface area contributed by atoms with Crippen LogP contribution in [0.5, 0.6) is 0 Å². The van der Waals surface area contributed by atoms with Crippen LogP contribution in [0.15, 0.2) is 66.7 Å². The van der Waals surface area contributed by atoms with Crippen molar-refractivity contribution in [3.8, 4) is 0 Å². The van der Waals surface area contributed by atoms with Gasteiger partial charge < -0.3 is 10.1 Å². The third kappa shape index (κ3) is 3.49. The summed E-state index contributed by atoms with van der Waals surface area (Å²) in [5, 5.41) is 2.52. The molecule has 0 aromatic heterocycles. The van der Waals surface area contributed by atoms with Crippen LogP contribution in [0.4, 0.5) is 14.5 Å². The van der Waals surface area contributed by atoms with Crippen molar-refractivity contribution in [2.45, 2.75) is 12.5 Å². The molecule has 28 heavy (non-hydrogen) atoms. The van der Waals surface area contributed by atoms with Gasteiger partial charge in [0.25, 0.3) is 5.91 Å². The second kappa shape index (κ2) is 7.23. The number of hydrogen-bond acceptors (Lipinski definition) is 3. The molecule has 1 unspecified atom stereocenters. The highest BCUT2D eigenvalue weighted by Crippen LogP contribution is 2.31. The number of hydrogen-bond donors (Lipinski definition) is 1. The summed E-state index contributed by atoms with van der Waals surface area (Å²) in [5.74, 6) is -1.89. The first-order valence-corrected chi connectivity index (χ1v) is 8.66. The van der Waals surface area contributed by atoms with Gasteiger partial charge >= 0.3 is 5.97 Å². The smallest absolute Gasteiger partial charge is 0.339 e.